The standard InChI is InChI=1S/C15H22N2O/c1-10(2)16-9-13(18)8-12-5-4-6-15-14(12)7-11(3)17-15/h4-7,10,13,16-18H,8-9H2,1-3H3. The summed E-state index contributed by atoms with van der Waals surface area (Å²) in [5, 5.41) is 14.5. The molecule has 0 aliphatic carbocycles. The Morgan fingerprint density at radius 3 is 2.83 bits per heavy atom. The van der Waals surface area contributed by atoms with Crippen LogP contribution in [-0.4, -0.2) is 28.8 Å². The van der Waals surface area contributed by atoms with Crippen LogP contribution in [0.3, 0.4) is 0 Å². The Bertz CT molecular complexity index is 516. The molecule has 1 atom stereocenters. The first-order chi connectivity index (χ1) is 8.56. The number of hydrogen-bond donors (Lipinski definition) is 3. The molecule has 0 saturated carbocycles. The lowest BCUT2D eigenvalue weighted by Gasteiger charge is -2.14. The summed E-state index contributed by atoms with van der Waals surface area (Å²) in [7, 11) is 0. The molecule has 0 spiro atoms. The van der Waals surface area contributed by atoms with E-state index in [-0.39, 0.29) is 6.10 Å². The number of aromatic nitrogens is 1. The van der Waals surface area contributed by atoms with Crippen molar-refractivity contribution in [2.45, 2.75) is 39.3 Å². The van der Waals surface area contributed by atoms with Gasteiger partial charge in [0.05, 0.1) is 6.10 Å². The van der Waals surface area contributed by atoms with E-state index < -0.39 is 0 Å². The van der Waals surface area contributed by atoms with Crippen LogP contribution in [0.1, 0.15) is 25.1 Å². The Kier molecular flexibility index (Phi) is 4.04. The Labute approximate surface area is 108 Å². The third-order valence-electron chi connectivity index (χ3n) is 3.11. The largest absolute Gasteiger partial charge is 0.391 e. The molecule has 0 aliphatic heterocycles. The number of aliphatic hydroxyl groups is 1. The molecule has 2 aromatic rings. The number of benzene rings is 1. The van der Waals surface area contributed by atoms with Crippen LogP contribution in [0.4, 0.5) is 0 Å². The van der Waals surface area contributed by atoms with E-state index in [0.717, 1.165) is 11.2 Å². The highest BCUT2D eigenvalue weighted by Crippen LogP contribution is 2.20. The summed E-state index contributed by atoms with van der Waals surface area (Å²) in [5.41, 5.74) is 3.51. The van der Waals surface area contributed by atoms with E-state index in [2.05, 4.69) is 49.3 Å². The second kappa shape index (κ2) is 5.55. The van der Waals surface area contributed by atoms with Crippen LogP contribution in [-0.2, 0) is 6.42 Å². The van der Waals surface area contributed by atoms with E-state index in [4.69, 9.17) is 0 Å². The molecular weight excluding hydrogens is 224 g/mol. The summed E-state index contributed by atoms with van der Waals surface area (Å²) in [6.45, 7) is 6.86. The van der Waals surface area contributed by atoms with Crippen molar-refractivity contribution in [3.05, 3.63) is 35.5 Å². The third-order valence-corrected chi connectivity index (χ3v) is 3.11. The first-order valence-electron chi connectivity index (χ1n) is 6.55. The molecule has 0 aliphatic rings. The molecule has 3 heteroatoms. The van der Waals surface area contributed by atoms with Crippen LogP contribution in [0.25, 0.3) is 10.9 Å². The average molecular weight is 246 g/mol. The van der Waals surface area contributed by atoms with Gasteiger partial charge in [-0.2, -0.15) is 0 Å². The number of fused-ring (bicyclic) bond motifs is 1. The molecule has 1 heterocycles. The number of H-pyrrole nitrogens is 1. The molecule has 0 radical (unpaired) electrons. The van der Waals surface area contributed by atoms with Gasteiger partial charge < -0.3 is 15.4 Å². The summed E-state index contributed by atoms with van der Waals surface area (Å²) in [6, 6.07) is 8.76. The third kappa shape index (κ3) is 3.12. The van der Waals surface area contributed by atoms with Gasteiger partial charge in [-0.25, -0.2) is 0 Å². The van der Waals surface area contributed by atoms with Gasteiger partial charge in [0.15, 0.2) is 0 Å². The number of aromatic amines is 1. The van der Waals surface area contributed by atoms with Crippen molar-refractivity contribution in [1.82, 2.24) is 10.3 Å². The van der Waals surface area contributed by atoms with Crippen molar-refractivity contribution in [3.63, 3.8) is 0 Å². The van der Waals surface area contributed by atoms with Crippen molar-refractivity contribution >= 4 is 10.9 Å². The lowest BCUT2D eigenvalue weighted by atomic mass is 10.0. The predicted molar refractivity (Wildman–Crippen MR) is 75.9 cm³/mol. The molecule has 3 N–H and O–H groups in total. The molecule has 2 rings (SSSR count). The number of rotatable bonds is 5. The Hall–Kier alpha value is -1.32. The van der Waals surface area contributed by atoms with Crippen LogP contribution >= 0.6 is 0 Å². The van der Waals surface area contributed by atoms with Crippen LogP contribution in [0.15, 0.2) is 24.3 Å². The quantitative estimate of drug-likeness (QED) is 0.758. The number of aryl methyl sites for hydroxylation is 1. The zero-order chi connectivity index (χ0) is 13.1. The first-order valence-corrected chi connectivity index (χ1v) is 6.55. The molecule has 1 aromatic carbocycles. The van der Waals surface area contributed by atoms with Gasteiger partial charge in [0, 0.05) is 35.6 Å². The molecule has 0 amide bonds. The number of hydrogen-bond acceptors (Lipinski definition) is 2. The van der Waals surface area contributed by atoms with Gasteiger partial charge in [0.25, 0.3) is 0 Å². The van der Waals surface area contributed by atoms with Gasteiger partial charge in [-0.15, -0.1) is 0 Å². The van der Waals surface area contributed by atoms with E-state index >= 15 is 0 Å². The molecule has 0 bridgehead atoms. The van der Waals surface area contributed by atoms with Crippen LogP contribution in [0.5, 0.6) is 0 Å². The van der Waals surface area contributed by atoms with Gasteiger partial charge >= 0.3 is 0 Å². The molecule has 1 aromatic heterocycles. The lowest BCUT2D eigenvalue weighted by molar-refractivity contribution is 0.169. The summed E-state index contributed by atoms with van der Waals surface area (Å²) in [4.78, 5) is 3.33. The van der Waals surface area contributed by atoms with Crippen molar-refractivity contribution in [3.8, 4) is 0 Å². The zero-order valence-electron chi connectivity index (χ0n) is 11.3. The maximum absolute atomic E-state index is 10.0. The van der Waals surface area contributed by atoms with Crippen molar-refractivity contribution in [1.29, 1.82) is 0 Å². The SMILES string of the molecule is Cc1cc2c(CC(O)CNC(C)C)cccc2[nH]1. The summed E-state index contributed by atoms with van der Waals surface area (Å²) >= 11 is 0. The highest BCUT2D eigenvalue weighted by Gasteiger charge is 2.09. The minimum absolute atomic E-state index is 0.340. The van der Waals surface area contributed by atoms with E-state index in [0.29, 0.717) is 19.0 Å². The second-order valence-electron chi connectivity index (χ2n) is 5.25. The van der Waals surface area contributed by atoms with Crippen LogP contribution in [0.2, 0.25) is 0 Å². The first kappa shape index (κ1) is 13.1. The van der Waals surface area contributed by atoms with Gasteiger partial charge in [0.1, 0.15) is 0 Å². The minimum atomic E-state index is -0.340. The van der Waals surface area contributed by atoms with Gasteiger partial charge in [-0.1, -0.05) is 26.0 Å². The van der Waals surface area contributed by atoms with Crippen molar-refractivity contribution in [2.75, 3.05) is 6.54 Å². The zero-order valence-corrected chi connectivity index (χ0v) is 11.3. The van der Waals surface area contributed by atoms with Crippen LogP contribution in [0, 0.1) is 6.92 Å². The highest BCUT2D eigenvalue weighted by atomic mass is 16.3. The van der Waals surface area contributed by atoms with Crippen molar-refractivity contribution < 1.29 is 5.11 Å². The predicted octanol–water partition coefficient (Wildman–Crippen LogP) is 2.38. The average Bonchev–Trinajstić information content (AvgIpc) is 2.68. The molecule has 0 saturated heterocycles. The van der Waals surface area contributed by atoms with Gasteiger partial charge in [-0.3, -0.25) is 0 Å². The van der Waals surface area contributed by atoms with Gasteiger partial charge in [0.2, 0.25) is 0 Å². The number of aliphatic hydroxyl groups excluding tert-OH is 1. The number of nitrogens with one attached hydrogen (secondary N) is 2. The normalized spacial score (nSPS) is 13.4. The summed E-state index contributed by atoms with van der Waals surface area (Å²) in [6.07, 6.45) is 0.349. The van der Waals surface area contributed by atoms with E-state index in [1.807, 2.05) is 6.07 Å². The lowest BCUT2D eigenvalue weighted by Crippen LogP contribution is -2.33. The molecule has 0 fully saturated rings. The fourth-order valence-corrected chi connectivity index (χ4v) is 2.23. The summed E-state index contributed by atoms with van der Waals surface area (Å²) < 4.78 is 0. The van der Waals surface area contributed by atoms with Crippen LogP contribution < -0.4 is 5.32 Å². The second-order valence-corrected chi connectivity index (χ2v) is 5.25. The Morgan fingerprint density at radius 1 is 1.33 bits per heavy atom. The minimum Gasteiger partial charge on any atom is -0.391 e. The maximum Gasteiger partial charge on any atom is 0.0705 e. The highest BCUT2D eigenvalue weighted by molar-refractivity contribution is 5.83. The fourth-order valence-electron chi connectivity index (χ4n) is 2.23. The molecular formula is C15H22N2O. The van der Waals surface area contributed by atoms with Crippen molar-refractivity contribution in [2.24, 2.45) is 0 Å². The fraction of sp³-hybridized carbons (Fsp3) is 0.467. The molecule has 1 unspecified atom stereocenters. The maximum atomic E-state index is 10.0. The molecule has 18 heavy (non-hydrogen) atoms. The monoisotopic (exact) mass is 246 g/mol. The molecule has 98 valence electrons. The van der Waals surface area contributed by atoms with E-state index in [1.54, 1.807) is 0 Å². The van der Waals surface area contributed by atoms with E-state index in [1.165, 1.54) is 10.9 Å². The summed E-state index contributed by atoms with van der Waals surface area (Å²) in [5.74, 6) is 0. The van der Waals surface area contributed by atoms with Gasteiger partial charge in [-0.05, 0) is 24.6 Å². The Morgan fingerprint density at radius 2 is 2.11 bits per heavy atom. The molecule has 3 nitrogen and oxygen atoms in total. The Balaban J connectivity index is 2.11. The topological polar surface area (TPSA) is 48.0 Å². The smallest absolute Gasteiger partial charge is 0.0705 e. The van der Waals surface area contributed by atoms with E-state index in [9.17, 15) is 5.11 Å².